The van der Waals surface area contributed by atoms with E-state index >= 15 is 0 Å². The van der Waals surface area contributed by atoms with Gasteiger partial charge in [0.05, 0.1) is 17.9 Å². The van der Waals surface area contributed by atoms with Crippen molar-refractivity contribution in [3.63, 3.8) is 0 Å². The van der Waals surface area contributed by atoms with Crippen LogP contribution in [0.15, 0.2) is 22.7 Å². The molecule has 162 valence electrons. The standard InChI is InChI=1S/C22H26BrF2N3O2/c23-12-2-1-11(15(24)7-12)8-27-20(29)18-13-3-4-14(22(13)5-6-22)19(18)21(30)28-17-10-26-9-16(17)25/h1-2,7,13-14,16-19,26H,3-6,8-10H2,(H,27,29)(H,28,30)/t13-,14+,16-,17+,18+,19+/m0/s1. The first-order chi connectivity index (χ1) is 14.4. The smallest absolute Gasteiger partial charge is 0.224 e. The summed E-state index contributed by atoms with van der Waals surface area (Å²) in [6.07, 6.45) is 2.93. The Balaban J connectivity index is 1.32. The van der Waals surface area contributed by atoms with Crippen molar-refractivity contribution in [1.29, 1.82) is 0 Å². The number of nitrogens with one attached hydrogen (secondary N) is 3. The van der Waals surface area contributed by atoms with E-state index < -0.39 is 24.0 Å². The lowest BCUT2D eigenvalue weighted by atomic mass is 9.78. The molecule has 6 atom stereocenters. The number of amides is 2. The SMILES string of the molecule is O=C(N[C@@H]1CNC[C@@H]1F)[C@H]1[C@H](C(=O)NCc2ccc(Br)cc2F)[C@@H]2CC[C@H]1C21CC1. The molecule has 3 saturated carbocycles. The topological polar surface area (TPSA) is 70.2 Å². The zero-order valence-electron chi connectivity index (χ0n) is 16.6. The number of benzene rings is 1. The first-order valence-corrected chi connectivity index (χ1v) is 11.6. The minimum absolute atomic E-state index is 0.0896. The van der Waals surface area contributed by atoms with Crippen LogP contribution in [-0.2, 0) is 16.1 Å². The van der Waals surface area contributed by atoms with Crippen LogP contribution in [0.4, 0.5) is 8.78 Å². The molecule has 2 amide bonds. The number of rotatable bonds is 5. The lowest BCUT2D eigenvalue weighted by Crippen LogP contribution is -2.49. The second-order valence-electron chi connectivity index (χ2n) is 9.32. The van der Waals surface area contributed by atoms with Gasteiger partial charge in [-0.05, 0) is 55.1 Å². The Morgan fingerprint density at radius 2 is 1.83 bits per heavy atom. The summed E-state index contributed by atoms with van der Waals surface area (Å²) >= 11 is 3.23. The summed E-state index contributed by atoms with van der Waals surface area (Å²) in [5.74, 6) is -1.22. The van der Waals surface area contributed by atoms with E-state index in [1.807, 2.05) is 0 Å². The van der Waals surface area contributed by atoms with E-state index in [4.69, 9.17) is 0 Å². The number of alkyl halides is 1. The summed E-state index contributed by atoms with van der Waals surface area (Å²) in [6.45, 7) is 0.749. The van der Waals surface area contributed by atoms with Gasteiger partial charge in [-0.2, -0.15) is 0 Å². The largest absolute Gasteiger partial charge is 0.352 e. The molecule has 5 rings (SSSR count). The van der Waals surface area contributed by atoms with Gasteiger partial charge < -0.3 is 16.0 Å². The van der Waals surface area contributed by atoms with Gasteiger partial charge in [0.1, 0.15) is 12.0 Å². The molecule has 3 aliphatic carbocycles. The number of hydrogen-bond donors (Lipinski definition) is 3. The minimum atomic E-state index is -1.10. The van der Waals surface area contributed by atoms with Crippen LogP contribution >= 0.6 is 15.9 Å². The molecule has 1 aromatic carbocycles. The molecule has 1 aromatic rings. The van der Waals surface area contributed by atoms with Crippen LogP contribution < -0.4 is 16.0 Å². The molecule has 8 heteroatoms. The molecule has 5 nitrogen and oxygen atoms in total. The first-order valence-electron chi connectivity index (χ1n) is 10.8. The van der Waals surface area contributed by atoms with Crippen LogP contribution in [0.25, 0.3) is 0 Å². The Morgan fingerprint density at radius 3 is 2.43 bits per heavy atom. The molecular weight excluding hydrogens is 456 g/mol. The van der Waals surface area contributed by atoms with Gasteiger partial charge in [0.15, 0.2) is 0 Å². The van der Waals surface area contributed by atoms with Crippen LogP contribution in [0, 0.1) is 34.9 Å². The number of hydrogen-bond acceptors (Lipinski definition) is 3. The van der Waals surface area contributed by atoms with Gasteiger partial charge in [-0.1, -0.05) is 22.0 Å². The highest BCUT2D eigenvalue weighted by Crippen LogP contribution is 2.74. The first kappa shape index (κ1) is 20.4. The normalized spacial score (nSPS) is 35.6. The van der Waals surface area contributed by atoms with Crippen LogP contribution in [0.3, 0.4) is 0 Å². The van der Waals surface area contributed by atoms with E-state index in [-0.39, 0.29) is 48.0 Å². The third kappa shape index (κ3) is 3.27. The molecule has 30 heavy (non-hydrogen) atoms. The predicted octanol–water partition coefficient (Wildman–Crippen LogP) is 2.68. The zero-order chi connectivity index (χ0) is 21.0. The summed E-state index contributed by atoms with van der Waals surface area (Å²) in [7, 11) is 0. The molecule has 0 aromatic heterocycles. The van der Waals surface area contributed by atoms with E-state index in [1.165, 1.54) is 6.07 Å². The fourth-order valence-electron chi connectivity index (χ4n) is 6.39. The van der Waals surface area contributed by atoms with Gasteiger partial charge in [-0.15, -0.1) is 0 Å². The van der Waals surface area contributed by atoms with Crippen molar-refractivity contribution in [2.24, 2.45) is 29.1 Å². The summed E-state index contributed by atoms with van der Waals surface area (Å²) < 4.78 is 28.8. The lowest BCUT2D eigenvalue weighted by molar-refractivity contribution is -0.137. The second-order valence-corrected chi connectivity index (χ2v) is 10.2. The van der Waals surface area contributed by atoms with Crippen LogP contribution in [0.1, 0.15) is 31.2 Å². The fourth-order valence-corrected chi connectivity index (χ4v) is 6.73. The summed E-state index contributed by atoms with van der Waals surface area (Å²) in [5, 5.41) is 8.71. The Kier molecular flexibility index (Phi) is 5.13. The number of halogens is 3. The molecule has 1 aliphatic heterocycles. The van der Waals surface area contributed by atoms with Crippen molar-refractivity contribution in [1.82, 2.24) is 16.0 Å². The predicted molar refractivity (Wildman–Crippen MR) is 111 cm³/mol. The molecule has 3 N–H and O–H groups in total. The van der Waals surface area contributed by atoms with Gasteiger partial charge in [-0.3, -0.25) is 9.59 Å². The monoisotopic (exact) mass is 481 g/mol. The molecule has 0 unspecified atom stereocenters. The van der Waals surface area contributed by atoms with Gasteiger partial charge in [0.25, 0.3) is 0 Å². The lowest BCUT2D eigenvalue weighted by Gasteiger charge is -2.30. The van der Waals surface area contributed by atoms with Crippen molar-refractivity contribution < 1.29 is 18.4 Å². The minimum Gasteiger partial charge on any atom is -0.352 e. The van der Waals surface area contributed by atoms with Crippen LogP contribution in [0.5, 0.6) is 0 Å². The Labute approximate surface area is 182 Å². The van der Waals surface area contributed by atoms with Crippen molar-refractivity contribution >= 4 is 27.7 Å². The molecule has 2 bridgehead atoms. The Hall–Kier alpha value is -1.54. The van der Waals surface area contributed by atoms with E-state index in [9.17, 15) is 18.4 Å². The Morgan fingerprint density at radius 1 is 1.13 bits per heavy atom. The van der Waals surface area contributed by atoms with E-state index in [0.29, 0.717) is 16.6 Å². The average molecular weight is 482 g/mol. The maximum absolute atomic E-state index is 14.1. The summed E-state index contributed by atoms with van der Waals surface area (Å²) in [4.78, 5) is 26.4. The van der Waals surface area contributed by atoms with Crippen molar-refractivity contribution in [3.8, 4) is 0 Å². The molecular formula is C22H26BrF2N3O2. The van der Waals surface area contributed by atoms with Gasteiger partial charge >= 0.3 is 0 Å². The van der Waals surface area contributed by atoms with Crippen LogP contribution in [0.2, 0.25) is 0 Å². The van der Waals surface area contributed by atoms with E-state index in [1.54, 1.807) is 12.1 Å². The number of carbonyl (C=O) groups excluding carboxylic acids is 2. The summed E-state index contributed by atoms with van der Waals surface area (Å²) in [5.41, 5.74) is 0.518. The van der Waals surface area contributed by atoms with Gasteiger partial charge in [0, 0.05) is 29.7 Å². The molecule has 4 aliphatic rings. The maximum Gasteiger partial charge on any atom is 0.224 e. The van der Waals surface area contributed by atoms with E-state index in [0.717, 1.165) is 25.7 Å². The molecule has 1 saturated heterocycles. The Bertz CT molecular complexity index is 878. The fraction of sp³-hybridized carbons (Fsp3) is 0.636. The zero-order valence-corrected chi connectivity index (χ0v) is 18.2. The van der Waals surface area contributed by atoms with Gasteiger partial charge in [0.2, 0.25) is 11.8 Å². The highest BCUT2D eigenvalue weighted by molar-refractivity contribution is 9.10. The maximum atomic E-state index is 14.1. The third-order valence-electron chi connectivity index (χ3n) is 7.89. The van der Waals surface area contributed by atoms with Crippen molar-refractivity contribution in [2.75, 3.05) is 13.1 Å². The molecule has 4 fully saturated rings. The highest BCUT2D eigenvalue weighted by Gasteiger charge is 2.71. The molecule has 1 heterocycles. The van der Waals surface area contributed by atoms with Crippen molar-refractivity contribution in [2.45, 2.75) is 44.4 Å². The second kappa shape index (κ2) is 7.55. The quantitative estimate of drug-likeness (QED) is 0.605. The number of carbonyl (C=O) groups is 2. The molecule has 1 spiro atoms. The van der Waals surface area contributed by atoms with Gasteiger partial charge in [-0.25, -0.2) is 8.78 Å². The van der Waals surface area contributed by atoms with E-state index in [2.05, 4.69) is 31.9 Å². The summed E-state index contributed by atoms with van der Waals surface area (Å²) in [6, 6.07) is 4.21. The van der Waals surface area contributed by atoms with Crippen LogP contribution in [-0.4, -0.2) is 37.1 Å². The van der Waals surface area contributed by atoms with Crippen molar-refractivity contribution in [3.05, 3.63) is 34.1 Å². The third-order valence-corrected chi connectivity index (χ3v) is 8.38. The molecule has 0 radical (unpaired) electrons. The average Bonchev–Trinajstić information content (AvgIpc) is 3.21. The highest BCUT2D eigenvalue weighted by atomic mass is 79.9.